The predicted octanol–water partition coefficient (Wildman–Crippen LogP) is 5.28. The molecule has 1 saturated heterocycles. The van der Waals surface area contributed by atoms with Crippen molar-refractivity contribution in [1.29, 1.82) is 0 Å². The standard InChI is InChI=1S/C32H53N9O4/c1-31(2)21-25(22-32(3,4)41-31)36-29(42)23-12-8-13-24(20-23)39-40-26-27(33-14-9-17-43-5)37-30(35-16-11-19-45-7)38-28(26)34-15-10-18-44-6/h8,12-13,20,25,41H,9-11,14-19,21-22H2,1-7H3,(H,36,42)(H3,33,34,35,37,38). The largest absolute Gasteiger partial charge is 0.385 e. The van der Waals surface area contributed by atoms with Gasteiger partial charge in [0.15, 0.2) is 17.3 Å². The first kappa shape index (κ1) is 36.1. The Labute approximate surface area is 268 Å². The quantitative estimate of drug-likeness (QED) is 0.103. The zero-order chi connectivity index (χ0) is 32.7. The third-order valence-electron chi connectivity index (χ3n) is 7.23. The summed E-state index contributed by atoms with van der Waals surface area (Å²) in [5.74, 6) is 1.42. The van der Waals surface area contributed by atoms with Crippen molar-refractivity contribution < 1.29 is 19.0 Å². The van der Waals surface area contributed by atoms with Crippen LogP contribution < -0.4 is 26.6 Å². The number of hydrogen-bond donors (Lipinski definition) is 5. The van der Waals surface area contributed by atoms with Crippen LogP contribution in [0.25, 0.3) is 0 Å². The van der Waals surface area contributed by atoms with Crippen LogP contribution in [0, 0.1) is 0 Å². The van der Waals surface area contributed by atoms with Gasteiger partial charge in [-0.3, -0.25) is 4.79 Å². The maximum atomic E-state index is 13.3. The Morgan fingerprint density at radius 1 is 0.844 bits per heavy atom. The van der Waals surface area contributed by atoms with Crippen LogP contribution in [0.4, 0.5) is 29.0 Å². The third kappa shape index (κ3) is 12.5. The lowest BCUT2D eigenvalue weighted by Crippen LogP contribution is -2.62. The summed E-state index contributed by atoms with van der Waals surface area (Å²) in [6.45, 7) is 12.4. The number of carbonyl (C=O) groups excluding carboxylic acids is 1. The van der Waals surface area contributed by atoms with Crippen LogP contribution >= 0.6 is 0 Å². The fourth-order valence-electron chi connectivity index (χ4n) is 5.65. The molecule has 2 heterocycles. The number of nitrogens with one attached hydrogen (secondary N) is 5. The van der Waals surface area contributed by atoms with Crippen LogP contribution in [0.3, 0.4) is 0 Å². The van der Waals surface area contributed by atoms with E-state index in [9.17, 15) is 4.79 Å². The van der Waals surface area contributed by atoms with E-state index in [2.05, 4.69) is 64.5 Å². The SMILES string of the molecule is COCCCNc1nc(NCCCOC)c(N=Nc2cccc(C(=O)NC3CC(C)(C)NC(C)(C)C3)c2)c(NCCCOC)n1. The first-order valence-electron chi connectivity index (χ1n) is 15.8. The fourth-order valence-corrected chi connectivity index (χ4v) is 5.65. The number of ether oxygens (including phenoxy) is 3. The normalized spacial score (nSPS) is 16.1. The molecule has 1 fully saturated rings. The number of benzene rings is 1. The number of hydrogen-bond acceptors (Lipinski definition) is 12. The molecule has 13 heteroatoms. The maximum Gasteiger partial charge on any atom is 0.251 e. The van der Waals surface area contributed by atoms with Crippen molar-refractivity contribution in [2.24, 2.45) is 10.2 Å². The van der Waals surface area contributed by atoms with Crippen molar-refractivity contribution in [2.75, 3.05) is 76.7 Å². The Morgan fingerprint density at radius 3 is 1.91 bits per heavy atom. The van der Waals surface area contributed by atoms with Gasteiger partial charge in [-0.15, -0.1) is 5.11 Å². The van der Waals surface area contributed by atoms with E-state index in [1.807, 2.05) is 12.1 Å². The number of piperidine rings is 1. The minimum Gasteiger partial charge on any atom is -0.385 e. The van der Waals surface area contributed by atoms with Gasteiger partial charge < -0.3 is 40.8 Å². The highest BCUT2D eigenvalue weighted by Gasteiger charge is 2.38. The number of amides is 1. The molecule has 13 nitrogen and oxygen atoms in total. The molecule has 1 aliphatic heterocycles. The Morgan fingerprint density at radius 2 is 1.38 bits per heavy atom. The molecule has 0 bridgehead atoms. The van der Waals surface area contributed by atoms with Gasteiger partial charge in [0.25, 0.3) is 5.91 Å². The van der Waals surface area contributed by atoms with Gasteiger partial charge in [-0.25, -0.2) is 0 Å². The predicted molar refractivity (Wildman–Crippen MR) is 179 cm³/mol. The molecule has 0 atom stereocenters. The molecule has 3 rings (SSSR count). The highest BCUT2D eigenvalue weighted by atomic mass is 16.5. The van der Waals surface area contributed by atoms with Gasteiger partial charge in [0, 0.05) is 83.5 Å². The third-order valence-corrected chi connectivity index (χ3v) is 7.23. The number of methoxy groups -OCH3 is 3. The second-order valence-electron chi connectivity index (χ2n) is 12.6. The summed E-state index contributed by atoms with van der Waals surface area (Å²) in [6, 6.07) is 7.24. The topological polar surface area (TPSA) is 155 Å². The van der Waals surface area contributed by atoms with Crippen molar-refractivity contribution >= 4 is 34.9 Å². The Bertz CT molecular complexity index is 1190. The Kier molecular flexibility index (Phi) is 14.4. The van der Waals surface area contributed by atoms with Crippen molar-refractivity contribution in [2.45, 2.75) is 76.9 Å². The smallest absolute Gasteiger partial charge is 0.251 e. The van der Waals surface area contributed by atoms with E-state index in [1.165, 1.54) is 0 Å². The highest BCUT2D eigenvalue weighted by molar-refractivity contribution is 5.95. The molecule has 1 aliphatic rings. The number of azo groups is 1. The molecule has 0 unspecified atom stereocenters. The van der Waals surface area contributed by atoms with E-state index in [-0.39, 0.29) is 23.0 Å². The molecule has 1 aromatic heterocycles. The average Bonchev–Trinajstić information content (AvgIpc) is 2.97. The molecule has 1 amide bonds. The van der Waals surface area contributed by atoms with Crippen LogP contribution in [0.1, 0.15) is 70.2 Å². The van der Waals surface area contributed by atoms with E-state index < -0.39 is 0 Å². The average molecular weight is 628 g/mol. The number of nitrogens with zero attached hydrogens (tertiary/aromatic N) is 4. The minimum atomic E-state index is -0.126. The van der Waals surface area contributed by atoms with E-state index in [0.29, 0.717) is 74.0 Å². The zero-order valence-corrected chi connectivity index (χ0v) is 28.1. The van der Waals surface area contributed by atoms with Gasteiger partial charge >= 0.3 is 0 Å². The highest BCUT2D eigenvalue weighted by Crippen LogP contribution is 2.34. The minimum absolute atomic E-state index is 0.0614. The lowest BCUT2D eigenvalue weighted by Gasteiger charge is -2.46. The van der Waals surface area contributed by atoms with Crippen LogP contribution in [0.15, 0.2) is 34.5 Å². The van der Waals surface area contributed by atoms with Crippen LogP contribution in [0.5, 0.6) is 0 Å². The molecule has 0 saturated carbocycles. The molecule has 1 aromatic carbocycles. The number of aromatic nitrogens is 2. The molecule has 45 heavy (non-hydrogen) atoms. The molecule has 2 aromatic rings. The molecule has 250 valence electrons. The van der Waals surface area contributed by atoms with Gasteiger partial charge in [-0.05, 0) is 78.0 Å². The van der Waals surface area contributed by atoms with Gasteiger partial charge in [0.05, 0.1) is 5.69 Å². The number of rotatable bonds is 19. The lowest BCUT2D eigenvalue weighted by molar-refractivity contribution is 0.0873. The summed E-state index contributed by atoms with van der Waals surface area (Å²) < 4.78 is 15.6. The van der Waals surface area contributed by atoms with E-state index in [0.717, 1.165) is 32.1 Å². The summed E-state index contributed by atoms with van der Waals surface area (Å²) >= 11 is 0. The van der Waals surface area contributed by atoms with Gasteiger partial charge in [-0.2, -0.15) is 15.1 Å². The van der Waals surface area contributed by atoms with Crippen LogP contribution in [-0.4, -0.2) is 93.8 Å². The summed E-state index contributed by atoms with van der Waals surface area (Å²) in [7, 11) is 5.03. The Hall–Kier alpha value is -3.39. The first-order valence-corrected chi connectivity index (χ1v) is 15.8. The van der Waals surface area contributed by atoms with Gasteiger partial charge in [-0.1, -0.05) is 6.07 Å². The second-order valence-corrected chi connectivity index (χ2v) is 12.6. The summed E-state index contributed by atoms with van der Waals surface area (Å²) in [6.07, 6.45) is 4.07. The van der Waals surface area contributed by atoms with Crippen LogP contribution in [-0.2, 0) is 14.2 Å². The number of carbonyl (C=O) groups is 1. The monoisotopic (exact) mass is 627 g/mol. The molecular weight excluding hydrogens is 574 g/mol. The molecule has 0 aliphatic carbocycles. The molecule has 0 spiro atoms. The molecule has 0 radical (unpaired) electrons. The molecular formula is C32H53N9O4. The van der Waals surface area contributed by atoms with E-state index in [1.54, 1.807) is 33.5 Å². The fraction of sp³-hybridized carbons (Fsp3) is 0.656. The van der Waals surface area contributed by atoms with E-state index in [4.69, 9.17) is 24.2 Å². The first-order chi connectivity index (χ1) is 21.6. The molecule has 5 N–H and O–H groups in total. The summed E-state index contributed by atoms with van der Waals surface area (Å²) in [4.78, 5) is 22.7. The summed E-state index contributed by atoms with van der Waals surface area (Å²) in [5.41, 5.74) is 1.41. The van der Waals surface area contributed by atoms with Gasteiger partial charge in [0.1, 0.15) is 0 Å². The van der Waals surface area contributed by atoms with Crippen molar-refractivity contribution in [1.82, 2.24) is 20.6 Å². The Balaban J connectivity index is 1.86. The van der Waals surface area contributed by atoms with Crippen molar-refractivity contribution in [3.05, 3.63) is 29.8 Å². The van der Waals surface area contributed by atoms with Crippen molar-refractivity contribution in [3.63, 3.8) is 0 Å². The maximum absolute atomic E-state index is 13.3. The zero-order valence-electron chi connectivity index (χ0n) is 28.1. The second kappa shape index (κ2) is 17.9. The van der Waals surface area contributed by atoms with Crippen molar-refractivity contribution in [3.8, 4) is 0 Å². The van der Waals surface area contributed by atoms with Crippen LogP contribution in [0.2, 0.25) is 0 Å². The van der Waals surface area contributed by atoms with Gasteiger partial charge in [0.2, 0.25) is 5.95 Å². The lowest BCUT2D eigenvalue weighted by atomic mass is 9.79. The van der Waals surface area contributed by atoms with E-state index >= 15 is 0 Å². The number of anilines is 3. The summed E-state index contributed by atoms with van der Waals surface area (Å²) in [5, 5.41) is 26.1.